The van der Waals surface area contributed by atoms with Gasteiger partial charge in [0.2, 0.25) is 0 Å². The van der Waals surface area contributed by atoms with Gasteiger partial charge in [-0.25, -0.2) is 0 Å². The first kappa shape index (κ1) is 14.9. The van der Waals surface area contributed by atoms with E-state index in [1.807, 2.05) is 24.3 Å². The van der Waals surface area contributed by atoms with Crippen LogP contribution in [0, 0.1) is 0 Å². The fourth-order valence-corrected chi connectivity index (χ4v) is 2.84. The Labute approximate surface area is 120 Å². The monoisotopic (exact) mass is 276 g/mol. The highest BCUT2D eigenvalue weighted by Gasteiger charge is 2.33. The third-order valence-electron chi connectivity index (χ3n) is 4.07. The van der Waals surface area contributed by atoms with Crippen LogP contribution in [0.3, 0.4) is 0 Å². The zero-order valence-electron chi connectivity index (χ0n) is 12.2. The Morgan fingerprint density at radius 1 is 1.35 bits per heavy atom. The van der Waals surface area contributed by atoms with Gasteiger partial charge >= 0.3 is 0 Å². The van der Waals surface area contributed by atoms with Crippen LogP contribution in [-0.4, -0.2) is 24.6 Å². The molecule has 4 heteroatoms. The lowest BCUT2D eigenvalue weighted by molar-refractivity contribution is -0.124. The van der Waals surface area contributed by atoms with Gasteiger partial charge in [-0.3, -0.25) is 4.79 Å². The molecular formula is C16H24N2O2. The van der Waals surface area contributed by atoms with E-state index in [1.165, 1.54) is 0 Å². The molecule has 0 spiro atoms. The van der Waals surface area contributed by atoms with Crippen LogP contribution in [0.5, 0.6) is 5.75 Å². The number of para-hydroxylation sites is 1. The molecule has 20 heavy (non-hydrogen) atoms. The van der Waals surface area contributed by atoms with Crippen LogP contribution in [0.25, 0.3) is 0 Å². The zero-order chi connectivity index (χ0) is 14.4. The van der Waals surface area contributed by atoms with Gasteiger partial charge in [0.15, 0.2) is 6.61 Å². The maximum absolute atomic E-state index is 12.0. The van der Waals surface area contributed by atoms with Crippen LogP contribution in [-0.2, 0) is 11.2 Å². The minimum absolute atomic E-state index is 0.0543. The molecule has 110 valence electrons. The predicted octanol–water partition coefficient (Wildman–Crippen LogP) is 2.02. The summed E-state index contributed by atoms with van der Waals surface area (Å²) >= 11 is 0. The Morgan fingerprint density at radius 2 is 2.05 bits per heavy atom. The number of nitrogens with one attached hydrogen (secondary N) is 1. The summed E-state index contributed by atoms with van der Waals surface area (Å²) in [6.45, 7) is 2.63. The van der Waals surface area contributed by atoms with Crippen LogP contribution in [0.2, 0.25) is 0 Å². The van der Waals surface area contributed by atoms with E-state index >= 15 is 0 Å². The first-order valence-electron chi connectivity index (χ1n) is 7.41. The Balaban J connectivity index is 1.89. The topological polar surface area (TPSA) is 64.3 Å². The number of rotatable bonds is 6. The Kier molecular flexibility index (Phi) is 5.01. The summed E-state index contributed by atoms with van der Waals surface area (Å²) < 4.78 is 5.64. The lowest BCUT2D eigenvalue weighted by Crippen LogP contribution is -2.52. The molecule has 0 bridgehead atoms. The van der Waals surface area contributed by atoms with Gasteiger partial charge < -0.3 is 15.8 Å². The lowest BCUT2D eigenvalue weighted by Gasteiger charge is -2.28. The fourth-order valence-electron chi connectivity index (χ4n) is 2.84. The normalized spacial score (nSPS) is 16.9. The summed E-state index contributed by atoms with van der Waals surface area (Å²) in [5, 5.41) is 3.06. The molecule has 0 heterocycles. The van der Waals surface area contributed by atoms with E-state index in [0.29, 0.717) is 6.54 Å². The SMILES string of the molecule is CCc1ccccc1OCC(=O)NC1(CN)CCCC1. The molecule has 2 rings (SSSR count). The molecule has 0 saturated heterocycles. The van der Waals surface area contributed by atoms with Crippen LogP contribution in [0.15, 0.2) is 24.3 Å². The number of hydrogen-bond acceptors (Lipinski definition) is 3. The van der Waals surface area contributed by atoms with Crippen molar-refractivity contribution in [2.75, 3.05) is 13.2 Å². The first-order valence-corrected chi connectivity index (χ1v) is 7.41. The molecule has 0 radical (unpaired) electrons. The minimum Gasteiger partial charge on any atom is -0.483 e. The summed E-state index contributed by atoms with van der Waals surface area (Å²) in [6.07, 6.45) is 5.11. The Bertz CT molecular complexity index is 454. The summed E-state index contributed by atoms with van der Waals surface area (Å²) in [6, 6.07) is 7.82. The van der Waals surface area contributed by atoms with Crippen molar-refractivity contribution in [3.05, 3.63) is 29.8 Å². The van der Waals surface area contributed by atoms with Crippen LogP contribution in [0.1, 0.15) is 38.2 Å². The number of benzene rings is 1. The van der Waals surface area contributed by atoms with E-state index in [2.05, 4.69) is 12.2 Å². The number of aryl methyl sites for hydroxylation is 1. The fraction of sp³-hybridized carbons (Fsp3) is 0.562. The van der Waals surface area contributed by atoms with Crippen molar-refractivity contribution in [2.24, 2.45) is 5.73 Å². The summed E-state index contributed by atoms with van der Waals surface area (Å²) in [4.78, 5) is 12.0. The zero-order valence-corrected chi connectivity index (χ0v) is 12.2. The van der Waals surface area contributed by atoms with Gasteiger partial charge in [-0.15, -0.1) is 0 Å². The highest BCUT2D eigenvalue weighted by molar-refractivity contribution is 5.78. The molecule has 0 aromatic heterocycles. The highest BCUT2D eigenvalue weighted by Crippen LogP contribution is 2.28. The minimum atomic E-state index is -0.204. The van der Waals surface area contributed by atoms with Gasteiger partial charge in [0.05, 0.1) is 5.54 Å². The van der Waals surface area contributed by atoms with Gasteiger partial charge in [0, 0.05) is 6.54 Å². The molecule has 3 N–H and O–H groups in total. The van der Waals surface area contributed by atoms with Gasteiger partial charge in [-0.1, -0.05) is 38.0 Å². The molecule has 1 aromatic carbocycles. The Morgan fingerprint density at radius 3 is 2.70 bits per heavy atom. The third-order valence-corrected chi connectivity index (χ3v) is 4.07. The molecule has 0 unspecified atom stereocenters. The van der Waals surface area contributed by atoms with E-state index in [0.717, 1.165) is 43.4 Å². The third kappa shape index (κ3) is 3.51. The van der Waals surface area contributed by atoms with Crippen molar-refractivity contribution in [1.82, 2.24) is 5.32 Å². The van der Waals surface area contributed by atoms with E-state index in [4.69, 9.17) is 10.5 Å². The van der Waals surface area contributed by atoms with Gasteiger partial charge in [0.25, 0.3) is 5.91 Å². The van der Waals surface area contributed by atoms with E-state index in [1.54, 1.807) is 0 Å². The van der Waals surface area contributed by atoms with Crippen LogP contribution in [0.4, 0.5) is 0 Å². The standard InChI is InChI=1S/C16H24N2O2/c1-2-13-7-3-4-8-14(13)20-11-15(19)18-16(12-17)9-5-6-10-16/h3-4,7-8H,2,5-6,9-12,17H2,1H3,(H,18,19). The molecule has 1 amide bonds. The van der Waals surface area contributed by atoms with Crippen molar-refractivity contribution < 1.29 is 9.53 Å². The van der Waals surface area contributed by atoms with E-state index in [-0.39, 0.29) is 18.1 Å². The summed E-state index contributed by atoms with van der Waals surface area (Å²) in [5.41, 5.74) is 6.73. The van der Waals surface area contributed by atoms with Gasteiger partial charge in [0.1, 0.15) is 5.75 Å². The first-order chi connectivity index (χ1) is 9.69. The number of ether oxygens (including phenoxy) is 1. The average Bonchev–Trinajstić information content (AvgIpc) is 2.94. The van der Waals surface area contributed by atoms with Gasteiger partial charge in [-0.2, -0.15) is 0 Å². The van der Waals surface area contributed by atoms with E-state index < -0.39 is 0 Å². The number of hydrogen-bond donors (Lipinski definition) is 2. The Hall–Kier alpha value is -1.55. The van der Waals surface area contributed by atoms with Crippen molar-refractivity contribution >= 4 is 5.91 Å². The van der Waals surface area contributed by atoms with Crippen molar-refractivity contribution in [3.8, 4) is 5.75 Å². The van der Waals surface area contributed by atoms with E-state index in [9.17, 15) is 4.79 Å². The molecule has 1 fully saturated rings. The van der Waals surface area contributed by atoms with Crippen LogP contribution < -0.4 is 15.8 Å². The molecule has 0 aliphatic heterocycles. The van der Waals surface area contributed by atoms with Crippen molar-refractivity contribution in [1.29, 1.82) is 0 Å². The molecule has 0 atom stereocenters. The molecular weight excluding hydrogens is 252 g/mol. The maximum atomic E-state index is 12.0. The molecule has 1 aliphatic rings. The summed E-state index contributed by atoms with van der Waals surface area (Å²) in [7, 11) is 0. The summed E-state index contributed by atoms with van der Waals surface area (Å²) in [5.74, 6) is 0.710. The average molecular weight is 276 g/mol. The molecule has 1 aromatic rings. The second kappa shape index (κ2) is 6.75. The maximum Gasteiger partial charge on any atom is 0.258 e. The molecule has 4 nitrogen and oxygen atoms in total. The van der Waals surface area contributed by atoms with Crippen molar-refractivity contribution in [2.45, 2.75) is 44.6 Å². The highest BCUT2D eigenvalue weighted by atomic mass is 16.5. The quantitative estimate of drug-likeness (QED) is 0.835. The number of carbonyl (C=O) groups is 1. The largest absolute Gasteiger partial charge is 0.483 e. The van der Waals surface area contributed by atoms with Gasteiger partial charge in [-0.05, 0) is 30.9 Å². The second-order valence-electron chi connectivity index (χ2n) is 5.49. The molecule has 1 saturated carbocycles. The number of amides is 1. The van der Waals surface area contributed by atoms with Crippen LogP contribution >= 0.6 is 0 Å². The lowest BCUT2D eigenvalue weighted by atomic mass is 9.98. The molecule has 1 aliphatic carbocycles. The number of carbonyl (C=O) groups excluding carboxylic acids is 1. The second-order valence-corrected chi connectivity index (χ2v) is 5.49. The van der Waals surface area contributed by atoms with Crippen molar-refractivity contribution in [3.63, 3.8) is 0 Å². The number of nitrogens with two attached hydrogens (primary N) is 1. The smallest absolute Gasteiger partial charge is 0.258 e. The predicted molar refractivity (Wildman–Crippen MR) is 79.7 cm³/mol.